The van der Waals surface area contributed by atoms with Crippen molar-refractivity contribution in [2.24, 2.45) is 11.8 Å². The highest BCUT2D eigenvalue weighted by molar-refractivity contribution is 5.95. The molecule has 0 spiro atoms. The first-order valence-corrected chi connectivity index (χ1v) is 21.6. The van der Waals surface area contributed by atoms with Gasteiger partial charge in [-0.05, 0) is 44.1 Å². The van der Waals surface area contributed by atoms with E-state index < -0.39 is 12.2 Å². The van der Waals surface area contributed by atoms with Crippen molar-refractivity contribution in [1.82, 2.24) is 0 Å². The van der Waals surface area contributed by atoms with Crippen LogP contribution in [-0.2, 0) is 23.9 Å². The maximum atomic E-state index is 12.3. The summed E-state index contributed by atoms with van der Waals surface area (Å²) >= 11 is 0. The molecule has 0 bridgehead atoms. The number of aliphatic hydroxyl groups is 2. The predicted molar refractivity (Wildman–Crippen MR) is 214 cm³/mol. The normalized spacial score (nSPS) is 17.0. The molecule has 4 atom stereocenters. The van der Waals surface area contributed by atoms with E-state index in [2.05, 4.69) is 13.8 Å². The van der Waals surface area contributed by atoms with Gasteiger partial charge in [-0.15, -0.1) is 0 Å². The fourth-order valence-corrected chi connectivity index (χ4v) is 6.72. The molecule has 0 heterocycles. The van der Waals surface area contributed by atoms with E-state index in [-0.39, 0.29) is 49.2 Å². The molecule has 0 aliphatic heterocycles. The van der Waals surface area contributed by atoms with Crippen LogP contribution in [-0.4, -0.2) is 53.4 Å². The largest absolute Gasteiger partial charge is 0.463 e. The number of allylic oxidation sites excluding steroid dienone is 5. The number of hydrogen-bond donors (Lipinski definition) is 2. The van der Waals surface area contributed by atoms with Crippen LogP contribution in [0.3, 0.4) is 0 Å². The molecule has 0 amide bonds. The lowest BCUT2D eigenvalue weighted by Crippen LogP contribution is -2.25. The van der Waals surface area contributed by atoms with Crippen molar-refractivity contribution in [3.05, 3.63) is 36.5 Å². The molecule has 1 aliphatic carbocycles. The van der Waals surface area contributed by atoms with Gasteiger partial charge in [-0.1, -0.05) is 179 Å². The van der Waals surface area contributed by atoms with Gasteiger partial charge >= 0.3 is 11.9 Å². The van der Waals surface area contributed by atoms with Crippen LogP contribution < -0.4 is 0 Å². The number of ketones is 1. The van der Waals surface area contributed by atoms with Gasteiger partial charge in [0.25, 0.3) is 0 Å². The van der Waals surface area contributed by atoms with Gasteiger partial charge in [0.15, 0.2) is 5.78 Å². The number of aliphatic hydroxyl groups excluding tert-OH is 2. The molecule has 2 N–H and O–H groups in total. The average Bonchev–Trinajstić information content (AvgIpc) is 3.49. The lowest BCUT2D eigenvalue weighted by Gasteiger charge is -2.13. The first kappa shape index (κ1) is 47.8. The molecule has 0 unspecified atom stereocenters. The van der Waals surface area contributed by atoms with E-state index in [9.17, 15) is 24.6 Å². The molecule has 0 radical (unpaired) electrons. The summed E-state index contributed by atoms with van der Waals surface area (Å²) in [6.07, 6.45) is 41.1. The second-order valence-electron chi connectivity index (χ2n) is 15.1. The molecule has 52 heavy (non-hydrogen) atoms. The lowest BCUT2D eigenvalue weighted by atomic mass is 9.90. The van der Waals surface area contributed by atoms with Gasteiger partial charge in [-0.25, -0.2) is 0 Å². The van der Waals surface area contributed by atoms with E-state index in [1.807, 2.05) is 24.3 Å². The lowest BCUT2D eigenvalue weighted by molar-refractivity contribution is -0.152. The van der Waals surface area contributed by atoms with Crippen molar-refractivity contribution in [3.63, 3.8) is 0 Å². The van der Waals surface area contributed by atoms with Crippen molar-refractivity contribution in [1.29, 1.82) is 0 Å². The minimum Gasteiger partial charge on any atom is -0.463 e. The summed E-state index contributed by atoms with van der Waals surface area (Å²) in [5, 5.41) is 20.2. The molecule has 1 rings (SSSR count). The Hall–Kier alpha value is -2.25. The SMILES string of the molecule is CCCCCCCCCCCCCCCCCCCCCC(=O)OC[C@@H](O)COC(=O)CCC/C=C\C[C@H]1C=CC(=O)[C@@H]1/C=C/[C@@H](O)CCCCC. The van der Waals surface area contributed by atoms with E-state index in [1.165, 1.54) is 103 Å². The highest BCUT2D eigenvalue weighted by atomic mass is 16.6. The summed E-state index contributed by atoms with van der Waals surface area (Å²) in [7, 11) is 0. The minimum atomic E-state index is -1.03. The Balaban J connectivity index is 1.94. The number of unbranched alkanes of at least 4 members (excludes halogenated alkanes) is 21. The van der Waals surface area contributed by atoms with Gasteiger partial charge in [0, 0.05) is 18.8 Å². The molecule has 7 nitrogen and oxygen atoms in total. The van der Waals surface area contributed by atoms with E-state index in [1.54, 1.807) is 12.2 Å². The Morgan fingerprint density at radius 2 is 1.12 bits per heavy atom. The Labute approximate surface area is 318 Å². The highest BCUT2D eigenvalue weighted by Gasteiger charge is 2.27. The fourth-order valence-electron chi connectivity index (χ4n) is 6.72. The van der Waals surface area contributed by atoms with Crippen LogP contribution in [0.5, 0.6) is 0 Å². The quantitative estimate of drug-likeness (QED) is 0.0375. The minimum absolute atomic E-state index is 0.0750. The van der Waals surface area contributed by atoms with Crippen molar-refractivity contribution in [2.45, 2.75) is 206 Å². The number of esters is 2. The van der Waals surface area contributed by atoms with Crippen molar-refractivity contribution in [3.8, 4) is 0 Å². The summed E-state index contributed by atoms with van der Waals surface area (Å²) in [4.78, 5) is 36.4. The Kier molecular flexibility index (Phi) is 31.7. The molecule has 0 aromatic rings. The first-order chi connectivity index (χ1) is 25.4. The zero-order valence-electron chi connectivity index (χ0n) is 33.4. The number of ether oxygens (including phenoxy) is 2. The van der Waals surface area contributed by atoms with E-state index >= 15 is 0 Å². The van der Waals surface area contributed by atoms with Crippen LogP contribution in [0.1, 0.15) is 194 Å². The van der Waals surface area contributed by atoms with Gasteiger partial charge in [-0.2, -0.15) is 0 Å². The zero-order valence-corrected chi connectivity index (χ0v) is 33.4. The Bertz CT molecular complexity index is 971. The molecule has 300 valence electrons. The maximum Gasteiger partial charge on any atom is 0.305 e. The van der Waals surface area contributed by atoms with Crippen LogP contribution in [0.2, 0.25) is 0 Å². The average molecular weight is 731 g/mol. The number of rotatable bonds is 36. The Morgan fingerprint density at radius 3 is 1.63 bits per heavy atom. The third-order valence-electron chi connectivity index (χ3n) is 10.1. The summed E-state index contributed by atoms with van der Waals surface area (Å²) in [5.41, 5.74) is 0. The van der Waals surface area contributed by atoms with E-state index in [4.69, 9.17) is 9.47 Å². The van der Waals surface area contributed by atoms with Gasteiger partial charge < -0.3 is 19.7 Å². The van der Waals surface area contributed by atoms with Gasteiger partial charge in [0.2, 0.25) is 0 Å². The van der Waals surface area contributed by atoms with Crippen LogP contribution >= 0.6 is 0 Å². The van der Waals surface area contributed by atoms with Crippen LogP contribution in [0, 0.1) is 11.8 Å². The van der Waals surface area contributed by atoms with Gasteiger partial charge in [-0.3, -0.25) is 14.4 Å². The molecule has 1 aliphatic rings. The van der Waals surface area contributed by atoms with Crippen molar-refractivity contribution < 1.29 is 34.1 Å². The monoisotopic (exact) mass is 731 g/mol. The molecule has 0 aromatic heterocycles. The molecular formula is C45H78O7. The number of carbonyl (C=O) groups is 3. The van der Waals surface area contributed by atoms with Crippen molar-refractivity contribution >= 4 is 17.7 Å². The smallest absolute Gasteiger partial charge is 0.305 e. The second-order valence-corrected chi connectivity index (χ2v) is 15.1. The number of carbonyl (C=O) groups excluding carboxylic acids is 3. The molecule has 7 heteroatoms. The van der Waals surface area contributed by atoms with Crippen LogP contribution in [0.4, 0.5) is 0 Å². The molecule has 0 saturated heterocycles. The standard InChI is InChI=1S/C45H78O7/c1-3-5-7-8-9-10-11-12-13-14-15-16-17-18-19-20-21-22-27-31-44(49)51-37-41(47)38-52-45(50)32-28-24-23-26-29-39-33-36-43(48)42(39)35-34-40(46)30-25-6-4-2/h23,26,33-36,39-42,46-47H,3-22,24-25,27-32,37-38H2,1-2H3/b26-23-,35-34+/t39-,40-,41+,42+/m0/s1. The topological polar surface area (TPSA) is 110 Å². The predicted octanol–water partition coefficient (Wildman–Crippen LogP) is 11.2. The second kappa shape index (κ2) is 34.5. The Morgan fingerprint density at radius 1 is 0.654 bits per heavy atom. The summed E-state index contributed by atoms with van der Waals surface area (Å²) in [6.45, 7) is 4.05. The fraction of sp³-hybridized carbons (Fsp3) is 0.800. The zero-order chi connectivity index (χ0) is 37.9. The van der Waals surface area contributed by atoms with Gasteiger partial charge in [0.1, 0.15) is 19.3 Å². The summed E-state index contributed by atoms with van der Waals surface area (Å²) in [6, 6.07) is 0. The third-order valence-corrected chi connectivity index (χ3v) is 10.1. The molecular weight excluding hydrogens is 652 g/mol. The molecule has 0 aromatic carbocycles. The summed E-state index contributed by atoms with van der Waals surface area (Å²) < 4.78 is 10.3. The molecule has 0 saturated carbocycles. The van der Waals surface area contributed by atoms with E-state index in [0.29, 0.717) is 19.3 Å². The summed E-state index contributed by atoms with van der Waals surface area (Å²) in [5.74, 6) is -0.781. The third kappa shape index (κ3) is 28.3. The maximum absolute atomic E-state index is 12.3. The van der Waals surface area contributed by atoms with Gasteiger partial charge in [0.05, 0.1) is 6.10 Å². The molecule has 0 fully saturated rings. The van der Waals surface area contributed by atoms with E-state index in [0.717, 1.165) is 51.4 Å². The van der Waals surface area contributed by atoms with Crippen LogP contribution in [0.15, 0.2) is 36.5 Å². The van der Waals surface area contributed by atoms with Crippen LogP contribution in [0.25, 0.3) is 0 Å². The first-order valence-electron chi connectivity index (χ1n) is 21.6. The van der Waals surface area contributed by atoms with Crippen molar-refractivity contribution in [2.75, 3.05) is 13.2 Å². The highest BCUT2D eigenvalue weighted by Crippen LogP contribution is 2.27. The number of hydrogen-bond acceptors (Lipinski definition) is 7.